The number of hydrogen-bond donors (Lipinski definition) is 4. The largest absolute Gasteiger partial charge is 0.461 e. The Morgan fingerprint density at radius 3 is 1.02 bits per heavy atom. The average Bonchev–Trinajstić information content (AvgIpc) is 3.19. The number of nitrogens with one attached hydrogen (secondary N) is 2. The van der Waals surface area contributed by atoms with Crippen molar-refractivity contribution >= 4 is 24.1 Å². The number of esters is 2. The first-order valence-corrected chi connectivity index (χ1v) is 21.5. The Bertz CT molecular complexity index is 1810. The maximum Gasteiger partial charge on any atom is 0.407 e. The monoisotopic (exact) mass is 850 g/mol. The van der Waals surface area contributed by atoms with E-state index in [-0.39, 0.29) is 25.7 Å². The fourth-order valence-corrected chi connectivity index (χ4v) is 7.01. The summed E-state index contributed by atoms with van der Waals surface area (Å²) in [5.74, 6) is -1.30. The molecule has 0 radical (unpaired) electrons. The molecule has 0 aliphatic carbocycles. The Kier molecular flexibility index (Phi) is 19.0. The van der Waals surface area contributed by atoms with Gasteiger partial charge in [-0.2, -0.15) is 0 Å². The summed E-state index contributed by atoms with van der Waals surface area (Å²) in [5.41, 5.74) is 16.0. The molecular formula is C50H66N4O8. The third kappa shape index (κ3) is 19.3. The lowest BCUT2D eigenvalue weighted by atomic mass is 9.94. The van der Waals surface area contributed by atoms with Crippen molar-refractivity contribution in [1.29, 1.82) is 0 Å². The van der Waals surface area contributed by atoms with Crippen molar-refractivity contribution in [3.8, 4) is 0 Å². The molecule has 334 valence electrons. The predicted octanol–water partition coefficient (Wildman–Crippen LogP) is 7.78. The van der Waals surface area contributed by atoms with Crippen LogP contribution in [0.2, 0.25) is 0 Å². The minimum absolute atomic E-state index is 0.183. The van der Waals surface area contributed by atoms with Gasteiger partial charge in [0.1, 0.15) is 23.4 Å². The van der Waals surface area contributed by atoms with Crippen LogP contribution in [0.3, 0.4) is 0 Å². The molecule has 0 spiro atoms. The van der Waals surface area contributed by atoms with Crippen molar-refractivity contribution in [2.24, 2.45) is 11.5 Å². The van der Waals surface area contributed by atoms with Gasteiger partial charge in [0, 0.05) is 37.0 Å². The van der Waals surface area contributed by atoms with E-state index in [4.69, 9.17) is 30.4 Å². The van der Waals surface area contributed by atoms with Crippen molar-refractivity contribution in [3.05, 3.63) is 144 Å². The maximum absolute atomic E-state index is 13.7. The van der Waals surface area contributed by atoms with Crippen molar-refractivity contribution in [2.45, 2.75) is 140 Å². The second kappa shape index (κ2) is 24.1. The summed E-state index contributed by atoms with van der Waals surface area (Å²) >= 11 is 0. The smallest absolute Gasteiger partial charge is 0.407 e. The first-order chi connectivity index (χ1) is 29.4. The molecule has 12 nitrogen and oxygen atoms in total. The van der Waals surface area contributed by atoms with Gasteiger partial charge >= 0.3 is 24.1 Å². The van der Waals surface area contributed by atoms with E-state index in [1.165, 1.54) is 0 Å². The molecule has 4 rings (SSSR count). The minimum Gasteiger partial charge on any atom is -0.461 e. The molecule has 0 aliphatic rings. The van der Waals surface area contributed by atoms with Crippen molar-refractivity contribution in [3.63, 3.8) is 0 Å². The fourth-order valence-electron chi connectivity index (χ4n) is 7.01. The number of alkyl carbamates (subject to hydrolysis) is 2. The molecule has 6 N–H and O–H groups in total. The molecule has 4 aromatic carbocycles. The van der Waals surface area contributed by atoms with Crippen molar-refractivity contribution < 1.29 is 38.1 Å². The number of hydrogen-bond acceptors (Lipinski definition) is 10. The molecule has 0 aliphatic heterocycles. The van der Waals surface area contributed by atoms with E-state index in [2.05, 4.69) is 10.6 Å². The summed E-state index contributed by atoms with van der Waals surface area (Å²) in [7, 11) is 0. The molecule has 0 fully saturated rings. The Labute approximate surface area is 367 Å². The second-order valence-corrected chi connectivity index (χ2v) is 17.8. The van der Waals surface area contributed by atoms with E-state index in [1.54, 1.807) is 41.5 Å². The van der Waals surface area contributed by atoms with Crippen LogP contribution in [0.4, 0.5) is 9.59 Å². The zero-order chi connectivity index (χ0) is 45.1. The third-order valence-electron chi connectivity index (χ3n) is 9.81. The van der Waals surface area contributed by atoms with E-state index >= 15 is 0 Å². The van der Waals surface area contributed by atoms with Crippen LogP contribution in [-0.2, 0) is 54.2 Å². The molecule has 0 heterocycles. The van der Waals surface area contributed by atoms with Crippen LogP contribution in [0, 0.1) is 0 Å². The fraction of sp³-hybridized carbons (Fsp3) is 0.440. The number of rotatable bonds is 21. The number of nitrogens with two attached hydrogens (primary N) is 2. The molecule has 6 atom stereocenters. The maximum atomic E-state index is 13.7. The Morgan fingerprint density at radius 1 is 0.468 bits per heavy atom. The van der Waals surface area contributed by atoms with Gasteiger partial charge in [0.25, 0.3) is 0 Å². The van der Waals surface area contributed by atoms with Gasteiger partial charge in [0.2, 0.25) is 0 Å². The zero-order valence-electron chi connectivity index (χ0n) is 37.1. The van der Waals surface area contributed by atoms with Gasteiger partial charge in [0.15, 0.2) is 0 Å². The Morgan fingerprint density at radius 2 is 0.742 bits per heavy atom. The lowest BCUT2D eigenvalue weighted by Gasteiger charge is -2.30. The van der Waals surface area contributed by atoms with Crippen LogP contribution >= 0.6 is 0 Å². The van der Waals surface area contributed by atoms with Gasteiger partial charge in [0.05, 0.1) is 12.8 Å². The van der Waals surface area contributed by atoms with Crippen molar-refractivity contribution in [1.82, 2.24) is 10.6 Å². The van der Waals surface area contributed by atoms with E-state index < -0.39 is 71.7 Å². The van der Waals surface area contributed by atoms with E-state index in [0.717, 1.165) is 22.3 Å². The molecule has 4 aromatic rings. The quantitative estimate of drug-likeness (QED) is 0.0478. The highest BCUT2D eigenvalue weighted by Crippen LogP contribution is 2.20. The summed E-state index contributed by atoms with van der Waals surface area (Å²) in [6.07, 6.45) is -1.45. The number of carbonyl (C=O) groups is 4. The van der Waals surface area contributed by atoms with Crippen LogP contribution in [0.5, 0.6) is 0 Å². The molecule has 0 aromatic heterocycles. The third-order valence-corrected chi connectivity index (χ3v) is 9.81. The van der Waals surface area contributed by atoms with E-state index in [9.17, 15) is 19.2 Å². The Hall–Kier alpha value is -5.72. The Balaban J connectivity index is 1.51. The van der Waals surface area contributed by atoms with Crippen LogP contribution < -0.4 is 22.1 Å². The number of carbonyl (C=O) groups excluding carboxylic acids is 4. The van der Waals surface area contributed by atoms with Gasteiger partial charge in [-0.15, -0.1) is 0 Å². The minimum atomic E-state index is -0.841. The van der Waals surface area contributed by atoms with Gasteiger partial charge in [-0.1, -0.05) is 121 Å². The van der Waals surface area contributed by atoms with E-state index in [1.807, 2.05) is 121 Å². The summed E-state index contributed by atoms with van der Waals surface area (Å²) in [5, 5.41) is 5.94. The number of benzene rings is 4. The standard InChI is InChI=1S/C50H66N4O8/c1-49(2,3)61-47(57)53-39(29-35-19-11-7-12-20-35)33-43(41(51)31-37-23-15-9-16-24-37)59-45(55)27-28-46(56)60-44(42(52)32-38-25-17-10-18-26-38)34-40(30-36-21-13-8-14-22-36)54-48(58)62-50(4,5)6/h7-26,39-44H,27-34,51-52H2,1-6H3,(H,53,57)(H,54,58). The SMILES string of the molecule is CC(C)(C)OC(=O)NC(Cc1ccccc1)CC(OC(=O)CCC(=O)OC(CC(Cc1ccccc1)NC(=O)OC(C)(C)C)C(N)Cc1ccccc1)C(N)Cc1ccccc1. The van der Waals surface area contributed by atoms with Crippen LogP contribution in [0.25, 0.3) is 0 Å². The molecule has 6 unspecified atom stereocenters. The molecule has 2 amide bonds. The lowest BCUT2D eigenvalue weighted by molar-refractivity contribution is -0.157. The molecule has 0 saturated carbocycles. The van der Waals surface area contributed by atoms with Crippen LogP contribution in [0.15, 0.2) is 121 Å². The van der Waals surface area contributed by atoms with Crippen LogP contribution in [-0.4, -0.2) is 71.7 Å². The molecular weight excluding hydrogens is 785 g/mol. The molecule has 62 heavy (non-hydrogen) atoms. The zero-order valence-corrected chi connectivity index (χ0v) is 37.1. The van der Waals surface area contributed by atoms with Gasteiger partial charge < -0.3 is 41.0 Å². The van der Waals surface area contributed by atoms with E-state index in [0.29, 0.717) is 25.7 Å². The average molecular weight is 851 g/mol. The van der Waals surface area contributed by atoms with Gasteiger partial charge in [-0.05, 0) is 89.5 Å². The molecule has 0 bridgehead atoms. The van der Waals surface area contributed by atoms with Crippen molar-refractivity contribution in [2.75, 3.05) is 0 Å². The lowest BCUT2D eigenvalue weighted by Crippen LogP contribution is -2.48. The summed E-state index contributed by atoms with van der Waals surface area (Å²) in [6, 6.07) is 36.2. The first kappa shape index (κ1) is 48.9. The highest BCUT2D eigenvalue weighted by atomic mass is 16.6. The topological polar surface area (TPSA) is 181 Å². The highest BCUT2D eigenvalue weighted by Gasteiger charge is 2.31. The summed E-state index contributed by atoms with van der Waals surface area (Å²) < 4.78 is 23.3. The first-order valence-electron chi connectivity index (χ1n) is 21.5. The molecule has 12 heteroatoms. The molecule has 0 saturated heterocycles. The van der Waals surface area contributed by atoms with Gasteiger partial charge in [-0.25, -0.2) is 9.59 Å². The predicted molar refractivity (Wildman–Crippen MR) is 241 cm³/mol. The second-order valence-electron chi connectivity index (χ2n) is 17.8. The normalized spacial score (nSPS) is 14.5. The number of ether oxygens (including phenoxy) is 4. The van der Waals surface area contributed by atoms with Gasteiger partial charge in [-0.3, -0.25) is 9.59 Å². The summed E-state index contributed by atoms with van der Waals surface area (Å²) in [6.45, 7) is 10.7. The number of amides is 2. The van der Waals surface area contributed by atoms with Crippen LogP contribution in [0.1, 0.15) is 89.5 Å². The highest BCUT2D eigenvalue weighted by molar-refractivity contribution is 5.78. The summed E-state index contributed by atoms with van der Waals surface area (Å²) in [4.78, 5) is 53.4.